The summed E-state index contributed by atoms with van der Waals surface area (Å²) in [5.74, 6) is 0.722. The molecule has 0 nitrogen and oxygen atoms in total. The topological polar surface area (TPSA) is 0 Å². The third-order valence-corrected chi connectivity index (χ3v) is 2.63. The summed E-state index contributed by atoms with van der Waals surface area (Å²) in [5, 5.41) is 0. The second-order valence-electron chi connectivity index (χ2n) is 3.75. The molecule has 0 aromatic rings. The van der Waals surface area contributed by atoms with Gasteiger partial charge in [0.1, 0.15) is 0 Å². The lowest BCUT2D eigenvalue weighted by Gasteiger charge is -2.09. The molecule has 0 aromatic heterocycles. The van der Waals surface area contributed by atoms with Crippen LogP contribution in [0.25, 0.3) is 0 Å². The van der Waals surface area contributed by atoms with Gasteiger partial charge in [0, 0.05) is 5.88 Å². The van der Waals surface area contributed by atoms with Gasteiger partial charge >= 0.3 is 0 Å². The predicted molar refractivity (Wildman–Crippen MR) is 79.3 cm³/mol. The molecule has 0 bridgehead atoms. The van der Waals surface area contributed by atoms with Gasteiger partial charge in [-0.3, -0.25) is 0 Å². The molecule has 0 rings (SSSR count). The van der Waals surface area contributed by atoms with Gasteiger partial charge < -0.3 is 0 Å². The molecule has 16 heavy (non-hydrogen) atoms. The molecule has 0 aliphatic rings. The van der Waals surface area contributed by atoms with Crippen molar-refractivity contribution in [3.8, 4) is 0 Å². The predicted octanol–water partition coefficient (Wildman–Crippen LogP) is 6.74. The van der Waals surface area contributed by atoms with Crippen molar-refractivity contribution >= 4 is 46.4 Å². The van der Waals surface area contributed by atoms with Crippen molar-refractivity contribution in [2.75, 3.05) is 5.88 Å². The van der Waals surface area contributed by atoms with Crippen molar-refractivity contribution in [1.82, 2.24) is 0 Å². The van der Waals surface area contributed by atoms with Crippen molar-refractivity contribution in [3.63, 3.8) is 0 Å². The van der Waals surface area contributed by atoms with Crippen LogP contribution in [0.2, 0.25) is 0 Å². The van der Waals surface area contributed by atoms with E-state index in [0.29, 0.717) is 6.42 Å². The lowest BCUT2D eigenvalue weighted by Crippen LogP contribution is -2.00. The van der Waals surface area contributed by atoms with Crippen molar-refractivity contribution < 1.29 is 0 Å². The van der Waals surface area contributed by atoms with Gasteiger partial charge in [-0.05, 0) is 12.8 Å². The average molecular weight is 310 g/mol. The number of unbranched alkanes of at least 4 members (excludes halogenated alkanes) is 6. The summed E-state index contributed by atoms with van der Waals surface area (Å²) in [6, 6.07) is 0. The van der Waals surface area contributed by atoms with E-state index in [1.54, 1.807) is 0 Å². The quantitative estimate of drug-likeness (QED) is 0.361. The van der Waals surface area contributed by atoms with Crippen molar-refractivity contribution in [1.29, 1.82) is 0 Å². The molecule has 0 heterocycles. The lowest BCUT2D eigenvalue weighted by molar-refractivity contribution is 0.578. The first-order valence-corrected chi connectivity index (χ1v) is 7.77. The fourth-order valence-corrected chi connectivity index (χ4v) is 1.68. The summed E-state index contributed by atoms with van der Waals surface area (Å²) in [7, 11) is 0. The van der Waals surface area contributed by atoms with E-state index in [-0.39, 0.29) is 0 Å². The molecule has 0 saturated heterocycles. The number of rotatable bonds is 7. The molecule has 0 saturated carbocycles. The summed E-state index contributed by atoms with van der Waals surface area (Å²) < 4.78 is -1.04. The minimum atomic E-state index is -1.04. The molecule has 0 radical (unpaired) electrons. The largest absolute Gasteiger partial charge is 0.190 e. The van der Waals surface area contributed by atoms with Gasteiger partial charge in [0.15, 0.2) is 3.79 Å². The third kappa shape index (κ3) is 24.4. The van der Waals surface area contributed by atoms with Crippen molar-refractivity contribution in [2.24, 2.45) is 0 Å². The Bertz CT molecular complexity index is 121. The third-order valence-electron chi connectivity index (χ3n) is 2.06. The Kier molecular flexibility index (Phi) is 17.3. The van der Waals surface area contributed by atoms with Gasteiger partial charge in [-0.15, -0.1) is 11.6 Å². The second kappa shape index (κ2) is 14.2. The summed E-state index contributed by atoms with van der Waals surface area (Å²) in [6.45, 7) is 4.12. The van der Waals surface area contributed by atoms with E-state index in [1.165, 1.54) is 38.5 Å². The minimum absolute atomic E-state index is 0.686. The highest BCUT2D eigenvalue weighted by Crippen LogP contribution is 2.32. The molecular formula is C12H24Cl4. The van der Waals surface area contributed by atoms with Gasteiger partial charge in [-0.2, -0.15) is 0 Å². The van der Waals surface area contributed by atoms with E-state index < -0.39 is 3.79 Å². The maximum Gasteiger partial charge on any atom is 0.190 e. The van der Waals surface area contributed by atoms with Crippen LogP contribution in [0.15, 0.2) is 0 Å². The zero-order valence-electron chi connectivity index (χ0n) is 10.4. The van der Waals surface area contributed by atoms with E-state index >= 15 is 0 Å². The zero-order chi connectivity index (χ0) is 12.9. The fraction of sp³-hybridized carbons (Fsp3) is 1.00. The first-order chi connectivity index (χ1) is 7.47. The van der Waals surface area contributed by atoms with E-state index in [4.69, 9.17) is 46.4 Å². The summed E-state index contributed by atoms with van der Waals surface area (Å²) >= 11 is 21.9. The van der Waals surface area contributed by atoms with Crippen LogP contribution in [-0.2, 0) is 0 Å². The van der Waals surface area contributed by atoms with Gasteiger partial charge in [-0.1, -0.05) is 87.2 Å². The van der Waals surface area contributed by atoms with Crippen LogP contribution in [0.3, 0.4) is 0 Å². The monoisotopic (exact) mass is 308 g/mol. The molecule has 0 amide bonds. The first kappa shape index (κ1) is 19.5. The van der Waals surface area contributed by atoms with Crippen LogP contribution in [0.4, 0.5) is 0 Å². The molecule has 4 heteroatoms. The average Bonchev–Trinajstić information content (AvgIpc) is 2.16. The molecule has 0 fully saturated rings. The molecule has 0 aliphatic heterocycles. The molecule has 0 spiro atoms. The highest BCUT2D eigenvalue weighted by atomic mass is 35.6. The smallest absolute Gasteiger partial charge is 0.127 e. The molecule has 0 aromatic carbocycles. The zero-order valence-corrected chi connectivity index (χ0v) is 13.4. The first-order valence-electron chi connectivity index (χ1n) is 6.10. The number of alkyl halides is 4. The van der Waals surface area contributed by atoms with Gasteiger partial charge in [0.2, 0.25) is 0 Å². The van der Waals surface area contributed by atoms with Crippen LogP contribution in [-0.4, -0.2) is 9.67 Å². The van der Waals surface area contributed by atoms with Crippen LogP contribution in [0.5, 0.6) is 0 Å². The van der Waals surface area contributed by atoms with E-state index in [2.05, 4.69) is 6.92 Å². The SMILES string of the molecule is CCCCCCCCCC(Cl)(Cl)Cl.CCCl. The molecule has 100 valence electrons. The molecule has 0 N–H and O–H groups in total. The Morgan fingerprint density at radius 1 is 0.750 bits per heavy atom. The van der Waals surface area contributed by atoms with Crippen LogP contribution >= 0.6 is 46.4 Å². The molecular weight excluding hydrogens is 286 g/mol. The Hall–Kier alpha value is 1.16. The summed E-state index contributed by atoms with van der Waals surface area (Å²) in [5.41, 5.74) is 0. The van der Waals surface area contributed by atoms with Crippen LogP contribution in [0, 0.1) is 0 Å². The second-order valence-corrected chi connectivity index (χ2v) is 6.80. The molecule has 0 atom stereocenters. The van der Waals surface area contributed by atoms with Gasteiger partial charge in [-0.25, -0.2) is 0 Å². The van der Waals surface area contributed by atoms with Gasteiger partial charge in [0.05, 0.1) is 0 Å². The number of halogens is 4. The summed E-state index contributed by atoms with van der Waals surface area (Å²) in [6.07, 6.45) is 9.52. The number of hydrogen-bond acceptors (Lipinski definition) is 0. The summed E-state index contributed by atoms with van der Waals surface area (Å²) in [4.78, 5) is 0. The van der Waals surface area contributed by atoms with E-state index in [1.807, 2.05) is 6.92 Å². The number of hydrogen-bond donors (Lipinski definition) is 0. The molecule has 0 unspecified atom stereocenters. The maximum atomic E-state index is 5.63. The highest BCUT2D eigenvalue weighted by Gasteiger charge is 2.17. The van der Waals surface area contributed by atoms with Crippen molar-refractivity contribution in [2.45, 2.75) is 69.0 Å². The van der Waals surface area contributed by atoms with Crippen LogP contribution in [0.1, 0.15) is 65.2 Å². The van der Waals surface area contributed by atoms with Crippen LogP contribution < -0.4 is 0 Å². The highest BCUT2D eigenvalue weighted by molar-refractivity contribution is 6.67. The lowest BCUT2D eigenvalue weighted by atomic mass is 10.1. The normalized spacial score (nSPS) is 10.9. The van der Waals surface area contributed by atoms with Crippen molar-refractivity contribution in [3.05, 3.63) is 0 Å². The minimum Gasteiger partial charge on any atom is -0.127 e. The Balaban J connectivity index is 0. The Morgan fingerprint density at radius 3 is 1.50 bits per heavy atom. The van der Waals surface area contributed by atoms with E-state index in [0.717, 1.165) is 12.3 Å². The Labute approximate surface area is 121 Å². The van der Waals surface area contributed by atoms with Gasteiger partial charge in [0.25, 0.3) is 0 Å². The maximum absolute atomic E-state index is 5.63. The standard InChI is InChI=1S/C10H19Cl3.C2H5Cl/c1-2-3-4-5-6-7-8-9-10(11,12)13;1-2-3/h2-9H2,1H3;2H2,1H3. The fourth-order valence-electron chi connectivity index (χ4n) is 1.28. The van der Waals surface area contributed by atoms with E-state index in [9.17, 15) is 0 Å². The molecule has 0 aliphatic carbocycles. The Morgan fingerprint density at radius 2 is 1.12 bits per heavy atom.